The Kier molecular flexibility index (Phi) is 4.62. The summed E-state index contributed by atoms with van der Waals surface area (Å²) >= 11 is 0. The molecule has 1 aliphatic rings. The molecule has 0 spiro atoms. The molecule has 0 bridgehead atoms. The first kappa shape index (κ1) is 14.5. The van der Waals surface area contributed by atoms with Crippen molar-refractivity contribution in [2.75, 3.05) is 13.7 Å². The van der Waals surface area contributed by atoms with Gasteiger partial charge in [-0.2, -0.15) is 0 Å². The molecule has 1 fully saturated rings. The molecule has 0 amide bonds. The Morgan fingerprint density at radius 2 is 2.21 bits per heavy atom. The Balaban J connectivity index is 1.95. The lowest BCUT2D eigenvalue weighted by Gasteiger charge is -2.11. The van der Waals surface area contributed by atoms with Crippen LogP contribution in [-0.4, -0.2) is 34.2 Å². The average Bonchev–Trinajstić information content (AvgIpc) is 3.02. The molecule has 1 unspecified atom stereocenters. The van der Waals surface area contributed by atoms with Crippen molar-refractivity contribution < 1.29 is 17.6 Å². The van der Waals surface area contributed by atoms with E-state index in [1.807, 2.05) is 0 Å². The molecule has 1 atom stereocenters. The zero-order valence-corrected chi connectivity index (χ0v) is 12.0. The van der Waals surface area contributed by atoms with Gasteiger partial charge in [-0.25, -0.2) is 13.1 Å². The second-order valence-corrected chi connectivity index (χ2v) is 6.50. The first-order valence-electron chi connectivity index (χ1n) is 6.34. The highest BCUT2D eigenvalue weighted by atomic mass is 32.2. The van der Waals surface area contributed by atoms with Crippen LogP contribution in [0.4, 0.5) is 0 Å². The summed E-state index contributed by atoms with van der Waals surface area (Å²) in [7, 11) is -2.08. The largest absolute Gasteiger partial charge is 0.447 e. The molecule has 1 aliphatic carbocycles. The maximum absolute atomic E-state index is 12.0. The number of ether oxygens (including phenoxy) is 1. The van der Waals surface area contributed by atoms with Crippen molar-refractivity contribution in [2.45, 2.75) is 43.5 Å². The summed E-state index contributed by atoms with van der Waals surface area (Å²) in [5.74, 6) is 0.631. The van der Waals surface area contributed by atoms with Gasteiger partial charge in [-0.05, 0) is 31.9 Å². The van der Waals surface area contributed by atoms with Crippen LogP contribution >= 0.6 is 0 Å². The Morgan fingerprint density at radius 3 is 2.84 bits per heavy atom. The van der Waals surface area contributed by atoms with Gasteiger partial charge in [-0.15, -0.1) is 0 Å². The average molecular weight is 288 g/mol. The standard InChI is InChI=1S/C12H20N2O4S/c1-9(8-17-2)14-19(15,16)12-6-5-11(18-12)7-13-10-3-4-10/h5-6,9-10,13-14H,3-4,7-8H2,1-2H3. The van der Waals surface area contributed by atoms with E-state index in [1.165, 1.54) is 26.0 Å². The minimum absolute atomic E-state index is 0.0527. The van der Waals surface area contributed by atoms with Gasteiger partial charge in [0.1, 0.15) is 5.76 Å². The van der Waals surface area contributed by atoms with Crippen LogP contribution < -0.4 is 10.0 Å². The monoisotopic (exact) mass is 288 g/mol. The molecule has 0 aromatic carbocycles. The van der Waals surface area contributed by atoms with E-state index in [9.17, 15) is 8.42 Å². The van der Waals surface area contributed by atoms with Crippen molar-refractivity contribution in [3.8, 4) is 0 Å². The highest BCUT2D eigenvalue weighted by molar-refractivity contribution is 7.89. The summed E-state index contributed by atoms with van der Waals surface area (Å²) in [5, 5.41) is 3.22. The second-order valence-electron chi connectivity index (χ2n) is 4.85. The lowest BCUT2D eigenvalue weighted by Crippen LogP contribution is -2.35. The molecule has 1 aromatic heterocycles. The quantitative estimate of drug-likeness (QED) is 0.741. The van der Waals surface area contributed by atoms with Gasteiger partial charge < -0.3 is 14.5 Å². The number of hydrogen-bond donors (Lipinski definition) is 2. The van der Waals surface area contributed by atoms with Crippen molar-refractivity contribution in [3.63, 3.8) is 0 Å². The predicted molar refractivity (Wildman–Crippen MR) is 70.2 cm³/mol. The number of rotatable bonds is 8. The summed E-state index contributed by atoms with van der Waals surface area (Å²) in [6.07, 6.45) is 2.36. The summed E-state index contributed by atoms with van der Waals surface area (Å²) < 4.78 is 36.7. The summed E-state index contributed by atoms with van der Waals surface area (Å²) in [6, 6.07) is 3.43. The van der Waals surface area contributed by atoms with Crippen molar-refractivity contribution in [2.24, 2.45) is 0 Å². The highest BCUT2D eigenvalue weighted by Crippen LogP contribution is 2.20. The Morgan fingerprint density at radius 1 is 1.47 bits per heavy atom. The van der Waals surface area contributed by atoms with E-state index >= 15 is 0 Å². The number of hydrogen-bond acceptors (Lipinski definition) is 5. The van der Waals surface area contributed by atoms with Crippen LogP contribution in [0.3, 0.4) is 0 Å². The van der Waals surface area contributed by atoms with Crippen LogP contribution in [0.15, 0.2) is 21.6 Å². The molecule has 19 heavy (non-hydrogen) atoms. The molecule has 0 aliphatic heterocycles. The minimum Gasteiger partial charge on any atom is -0.447 e. The fourth-order valence-corrected chi connectivity index (χ4v) is 2.91. The highest BCUT2D eigenvalue weighted by Gasteiger charge is 2.23. The van der Waals surface area contributed by atoms with E-state index < -0.39 is 10.0 Å². The van der Waals surface area contributed by atoms with Crippen LogP contribution in [0.1, 0.15) is 25.5 Å². The van der Waals surface area contributed by atoms with Gasteiger partial charge >= 0.3 is 0 Å². The fourth-order valence-electron chi connectivity index (χ4n) is 1.74. The summed E-state index contributed by atoms with van der Waals surface area (Å²) in [5.41, 5.74) is 0. The number of nitrogens with one attached hydrogen (secondary N) is 2. The van der Waals surface area contributed by atoms with Gasteiger partial charge in [-0.1, -0.05) is 0 Å². The van der Waals surface area contributed by atoms with Gasteiger partial charge in [0.2, 0.25) is 5.09 Å². The summed E-state index contributed by atoms with van der Waals surface area (Å²) in [4.78, 5) is 0. The van der Waals surface area contributed by atoms with Crippen molar-refractivity contribution in [1.29, 1.82) is 0 Å². The normalized spacial score (nSPS) is 17.6. The van der Waals surface area contributed by atoms with Crippen molar-refractivity contribution >= 4 is 10.0 Å². The predicted octanol–water partition coefficient (Wildman–Crippen LogP) is 0.845. The molecule has 2 rings (SSSR count). The maximum Gasteiger partial charge on any atom is 0.274 e. The molecular weight excluding hydrogens is 268 g/mol. The zero-order valence-electron chi connectivity index (χ0n) is 11.2. The number of sulfonamides is 1. The SMILES string of the molecule is COCC(C)NS(=O)(=O)c1ccc(CNC2CC2)o1. The van der Waals surface area contributed by atoms with Crippen LogP contribution in [0.2, 0.25) is 0 Å². The topological polar surface area (TPSA) is 80.6 Å². The van der Waals surface area contributed by atoms with E-state index in [0.29, 0.717) is 25.0 Å². The van der Waals surface area contributed by atoms with Crippen molar-refractivity contribution in [1.82, 2.24) is 10.0 Å². The minimum atomic E-state index is -3.61. The van der Waals surface area contributed by atoms with Gasteiger partial charge in [0.05, 0.1) is 13.2 Å². The third-order valence-electron chi connectivity index (χ3n) is 2.82. The van der Waals surface area contributed by atoms with E-state index in [1.54, 1.807) is 13.0 Å². The third kappa shape index (κ3) is 4.31. The van der Waals surface area contributed by atoms with E-state index in [0.717, 1.165) is 0 Å². The molecule has 1 heterocycles. The lowest BCUT2D eigenvalue weighted by atomic mass is 10.4. The number of furan rings is 1. The fraction of sp³-hybridized carbons (Fsp3) is 0.667. The van der Waals surface area contributed by atoms with Gasteiger partial charge in [0, 0.05) is 19.2 Å². The van der Waals surface area contributed by atoms with Gasteiger partial charge in [0.15, 0.2) is 0 Å². The van der Waals surface area contributed by atoms with Crippen LogP contribution in [0.25, 0.3) is 0 Å². The number of methoxy groups -OCH3 is 1. The molecule has 2 N–H and O–H groups in total. The van der Waals surface area contributed by atoms with Crippen molar-refractivity contribution in [3.05, 3.63) is 17.9 Å². The van der Waals surface area contributed by atoms with Crippen LogP contribution in [0, 0.1) is 0 Å². The Bertz CT molecular complexity index is 508. The van der Waals surface area contributed by atoms with Gasteiger partial charge in [-0.3, -0.25) is 0 Å². The Hall–Kier alpha value is -0.890. The smallest absolute Gasteiger partial charge is 0.274 e. The zero-order chi connectivity index (χ0) is 13.9. The van der Waals surface area contributed by atoms with Gasteiger partial charge in [0.25, 0.3) is 10.0 Å². The molecule has 1 saturated carbocycles. The second kappa shape index (κ2) is 6.04. The molecule has 1 aromatic rings. The van der Waals surface area contributed by atoms with Crippen LogP contribution in [-0.2, 0) is 21.3 Å². The van der Waals surface area contributed by atoms with E-state index in [4.69, 9.17) is 9.15 Å². The lowest BCUT2D eigenvalue weighted by molar-refractivity contribution is 0.180. The van der Waals surface area contributed by atoms with E-state index in [2.05, 4.69) is 10.0 Å². The molecule has 108 valence electrons. The molecule has 0 saturated heterocycles. The van der Waals surface area contributed by atoms with Crippen LogP contribution in [0.5, 0.6) is 0 Å². The Labute approximate surface area is 113 Å². The summed E-state index contributed by atoms with van der Waals surface area (Å²) in [6.45, 7) is 2.61. The molecule has 0 radical (unpaired) electrons. The molecule has 6 nitrogen and oxygen atoms in total. The maximum atomic E-state index is 12.0. The first-order valence-corrected chi connectivity index (χ1v) is 7.83. The molecular formula is C12H20N2O4S. The van der Waals surface area contributed by atoms with E-state index in [-0.39, 0.29) is 11.1 Å². The first-order chi connectivity index (χ1) is 9.01. The third-order valence-corrected chi connectivity index (χ3v) is 4.28. The molecule has 7 heteroatoms.